The van der Waals surface area contributed by atoms with E-state index < -0.39 is 0 Å². The van der Waals surface area contributed by atoms with E-state index in [-0.39, 0.29) is 0 Å². The van der Waals surface area contributed by atoms with Gasteiger partial charge in [0.15, 0.2) is 0 Å². The fraction of sp³-hybridized carbons (Fsp3) is 0.154. The molecule has 0 radical (unpaired) electrons. The summed E-state index contributed by atoms with van der Waals surface area (Å²) in [6, 6.07) is 7.10. The second-order valence-electron chi connectivity index (χ2n) is 3.66. The van der Waals surface area contributed by atoms with E-state index >= 15 is 0 Å². The molecule has 1 aromatic carbocycles. The van der Waals surface area contributed by atoms with Crippen LogP contribution in [0.4, 0.5) is 0 Å². The summed E-state index contributed by atoms with van der Waals surface area (Å²) in [4.78, 5) is 4.14. The summed E-state index contributed by atoms with van der Waals surface area (Å²) in [5.74, 6) is 2.03. The van der Waals surface area contributed by atoms with Gasteiger partial charge in [-0.1, -0.05) is 11.6 Å². The van der Waals surface area contributed by atoms with Gasteiger partial charge < -0.3 is 9.47 Å². The average molecular weight is 363 g/mol. The van der Waals surface area contributed by atoms with E-state index in [1.54, 1.807) is 37.6 Å². The highest BCUT2D eigenvalue weighted by Gasteiger charge is 2.09. The number of hydrogen-bond acceptors (Lipinski definition) is 3. The number of pyridine rings is 1. The molecule has 1 aromatic heterocycles. The van der Waals surface area contributed by atoms with Crippen LogP contribution in [0, 0.1) is 0 Å². The first kappa shape index (κ1) is 14.4. The van der Waals surface area contributed by atoms with Gasteiger partial charge in [-0.2, -0.15) is 0 Å². The molecule has 0 unspecified atom stereocenters. The molecule has 0 aliphatic carbocycles. The Hall–Kier alpha value is -0.970. The van der Waals surface area contributed by atoms with Crippen LogP contribution in [-0.2, 0) is 5.88 Å². The van der Waals surface area contributed by atoms with Crippen molar-refractivity contribution < 1.29 is 9.47 Å². The third kappa shape index (κ3) is 3.53. The van der Waals surface area contributed by atoms with Crippen molar-refractivity contribution in [2.45, 2.75) is 5.88 Å². The predicted octanol–water partition coefficient (Wildman–Crippen LogP) is 5.04. The van der Waals surface area contributed by atoms with Crippen LogP contribution in [0.3, 0.4) is 0 Å². The van der Waals surface area contributed by atoms with Crippen molar-refractivity contribution in [2.24, 2.45) is 0 Å². The smallest absolute Gasteiger partial charge is 0.238 e. The Kier molecular flexibility index (Phi) is 4.91. The van der Waals surface area contributed by atoms with Crippen molar-refractivity contribution in [3.05, 3.63) is 45.5 Å². The molecule has 0 N–H and O–H groups in total. The summed E-state index contributed by atoms with van der Waals surface area (Å²) in [6.07, 6.45) is 1.63. The summed E-state index contributed by atoms with van der Waals surface area (Å²) in [7, 11) is 1.60. The minimum atomic E-state index is 0.335. The van der Waals surface area contributed by atoms with Crippen molar-refractivity contribution in [1.82, 2.24) is 4.98 Å². The molecule has 0 fully saturated rings. The summed E-state index contributed by atoms with van der Waals surface area (Å²) in [6.45, 7) is 0. The molecular formula is C13H10BrCl2NO2. The monoisotopic (exact) mass is 361 g/mol. The second kappa shape index (κ2) is 6.46. The Morgan fingerprint density at radius 1 is 1.32 bits per heavy atom. The molecule has 2 rings (SSSR count). The number of alkyl halides is 1. The number of hydrogen-bond donors (Lipinski definition) is 0. The fourth-order valence-electron chi connectivity index (χ4n) is 1.41. The van der Waals surface area contributed by atoms with Gasteiger partial charge in [-0.15, -0.1) is 11.6 Å². The first-order chi connectivity index (χ1) is 9.13. The van der Waals surface area contributed by atoms with Crippen LogP contribution in [0.15, 0.2) is 34.9 Å². The Morgan fingerprint density at radius 3 is 2.68 bits per heavy atom. The molecule has 0 atom stereocenters. The first-order valence-corrected chi connectivity index (χ1v) is 7.06. The van der Waals surface area contributed by atoms with Crippen LogP contribution in [0.25, 0.3) is 0 Å². The SMILES string of the molecule is COc1ccc(Oc2ncc(CCl)cc2Cl)c(Br)c1. The van der Waals surface area contributed by atoms with Gasteiger partial charge in [0.05, 0.1) is 11.6 Å². The molecule has 2 aromatic rings. The van der Waals surface area contributed by atoms with Crippen molar-refractivity contribution in [1.29, 1.82) is 0 Å². The molecule has 0 saturated heterocycles. The Morgan fingerprint density at radius 2 is 2.11 bits per heavy atom. The minimum Gasteiger partial charge on any atom is -0.497 e. The van der Waals surface area contributed by atoms with Gasteiger partial charge in [0.25, 0.3) is 0 Å². The van der Waals surface area contributed by atoms with Gasteiger partial charge in [0.1, 0.15) is 16.5 Å². The van der Waals surface area contributed by atoms with Crippen LogP contribution in [-0.4, -0.2) is 12.1 Å². The third-order valence-electron chi connectivity index (χ3n) is 2.36. The summed E-state index contributed by atoms with van der Waals surface area (Å²) < 4.78 is 11.5. The second-order valence-corrected chi connectivity index (χ2v) is 5.19. The van der Waals surface area contributed by atoms with Gasteiger partial charge in [-0.3, -0.25) is 0 Å². The van der Waals surface area contributed by atoms with E-state index in [9.17, 15) is 0 Å². The lowest BCUT2D eigenvalue weighted by Crippen LogP contribution is -1.92. The largest absolute Gasteiger partial charge is 0.497 e. The van der Waals surface area contributed by atoms with E-state index in [4.69, 9.17) is 32.7 Å². The summed E-state index contributed by atoms with van der Waals surface area (Å²) in [5, 5.41) is 0.417. The lowest BCUT2D eigenvalue weighted by molar-refractivity contribution is 0.411. The Bertz CT molecular complexity index is 541. The number of aromatic nitrogens is 1. The lowest BCUT2D eigenvalue weighted by Gasteiger charge is -2.10. The number of benzene rings is 1. The summed E-state index contributed by atoms with van der Waals surface area (Å²) >= 11 is 15.2. The van der Waals surface area contributed by atoms with Crippen molar-refractivity contribution in [2.75, 3.05) is 7.11 Å². The zero-order chi connectivity index (χ0) is 13.8. The molecule has 3 nitrogen and oxygen atoms in total. The quantitative estimate of drug-likeness (QED) is 0.714. The highest BCUT2D eigenvalue weighted by molar-refractivity contribution is 9.10. The highest BCUT2D eigenvalue weighted by Crippen LogP contribution is 2.34. The molecule has 0 aliphatic heterocycles. The number of halogens is 3. The van der Waals surface area contributed by atoms with Gasteiger partial charge in [-0.05, 0) is 45.8 Å². The lowest BCUT2D eigenvalue weighted by atomic mass is 10.3. The van der Waals surface area contributed by atoms with E-state index in [0.29, 0.717) is 22.5 Å². The molecule has 6 heteroatoms. The van der Waals surface area contributed by atoms with Crippen LogP contribution >= 0.6 is 39.1 Å². The first-order valence-electron chi connectivity index (χ1n) is 5.36. The highest BCUT2D eigenvalue weighted by atomic mass is 79.9. The molecule has 0 spiro atoms. The topological polar surface area (TPSA) is 31.4 Å². The van der Waals surface area contributed by atoms with Gasteiger partial charge in [-0.25, -0.2) is 4.98 Å². The van der Waals surface area contributed by atoms with Crippen molar-refractivity contribution in [3.63, 3.8) is 0 Å². The van der Waals surface area contributed by atoms with Gasteiger partial charge in [0.2, 0.25) is 5.88 Å². The zero-order valence-corrected chi connectivity index (χ0v) is 13.1. The maximum Gasteiger partial charge on any atom is 0.238 e. The normalized spacial score (nSPS) is 10.3. The van der Waals surface area contributed by atoms with Crippen molar-refractivity contribution in [3.8, 4) is 17.4 Å². The molecule has 19 heavy (non-hydrogen) atoms. The van der Waals surface area contributed by atoms with Crippen LogP contribution < -0.4 is 9.47 Å². The van der Waals surface area contributed by atoms with Crippen LogP contribution in [0.2, 0.25) is 5.02 Å². The molecule has 0 saturated carbocycles. The predicted molar refractivity (Wildman–Crippen MR) is 79.6 cm³/mol. The van der Waals surface area contributed by atoms with Crippen molar-refractivity contribution >= 4 is 39.1 Å². The third-order valence-corrected chi connectivity index (χ3v) is 3.56. The summed E-state index contributed by atoms with van der Waals surface area (Å²) in [5.41, 5.74) is 0.841. The van der Waals surface area contributed by atoms with E-state index in [2.05, 4.69) is 20.9 Å². The molecule has 0 aliphatic rings. The van der Waals surface area contributed by atoms with Gasteiger partial charge >= 0.3 is 0 Å². The maximum atomic E-state index is 6.08. The minimum absolute atomic E-state index is 0.335. The molecule has 0 bridgehead atoms. The Balaban J connectivity index is 2.26. The fourth-order valence-corrected chi connectivity index (χ4v) is 2.22. The van der Waals surface area contributed by atoms with Gasteiger partial charge in [0, 0.05) is 12.1 Å². The number of methoxy groups -OCH3 is 1. The number of ether oxygens (including phenoxy) is 2. The standard InChI is InChI=1S/C13H10BrCl2NO2/c1-18-9-2-3-12(10(14)5-9)19-13-11(16)4-8(6-15)7-17-13/h2-5,7H,6H2,1H3. The van der Waals surface area contributed by atoms with E-state index in [1.807, 2.05) is 0 Å². The maximum absolute atomic E-state index is 6.08. The molecule has 100 valence electrons. The van der Waals surface area contributed by atoms with E-state index in [0.717, 1.165) is 15.8 Å². The number of nitrogens with zero attached hydrogens (tertiary/aromatic N) is 1. The Labute approximate surface area is 129 Å². The zero-order valence-electron chi connectivity index (χ0n) is 9.99. The van der Waals surface area contributed by atoms with Crippen LogP contribution in [0.1, 0.15) is 5.56 Å². The van der Waals surface area contributed by atoms with E-state index in [1.165, 1.54) is 0 Å². The van der Waals surface area contributed by atoms with Crippen LogP contribution in [0.5, 0.6) is 17.4 Å². The molecular weight excluding hydrogens is 353 g/mol. The molecule has 1 heterocycles. The number of rotatable bonds is 4. The average Bonchev–Trinajstić information content (AvgIpc) is 2.42. The molecule has 0 amide bonds.